The van der Waals surface area contributed by atoms with Crippen LogP contribution in [-0.2, 0) is 0 Å². The molecular weight excluding hydrogens is 132 g/mol. The highest BCUT2D eigenvalue weighted by atomic mass is 14.3. The van der Waals surface area contributed by atoms with Crippen LogP contribution in [0.4, 0.5) is 0 Å². The Morgan fingerprint density at radius 2 is 1.91 bits per heavy atom. The molecule has 66 valence electrons. The van der Waals surface area contributed by atoms with Crippen molar-refractivity contribution in [3.63, 3.8) is 0 Å². The SMILES string of the molecule is CCC(C)(C)CCC1CCC1. The van der Waals surface area contributed by atoms with Crippen LogP contribution in [0.2, 0.25) is 0 Å². The first-order valence-corrected chi connectivity index (χ1v) is 5.14. The standard InChI is InChI=1S/C11H22/c1-4-11(2,3)9-8-10-6-5-7-10/h10H,4-9H2,1-3H3. The summed E-state index contributed by atoms with van der Waals surface area (Å²) in [5.74, 6) is 1.10. The minimum Gasteiger partial charge on any atom is -0.0649 e. The molecule has 0 nitrogen and oxygen atoms in total. The lowest BCUT2D eigenvalue weighted by Gasteiger charge is -2.30. The van der Waals surface area contributed by atoms with Gasteiger partial charge in [0.1, 0.15) is 0 Å². The molecule has 0 aromatic heterocycles. The zero-order valence-corrected chi connectivity index (χ0v) is 8.32. The average molecular weight is 154 g/mol. The van der Waals surface area contributed by atoms with E-state index in [2.05, 4.69) is 20.8 Å². The Balaban J connectivity index is 2.09. The van der Waals surface area contributed by atoms with E-state index in [1.807, 2.05) is 0 Å². The fraction of sp³-hybridized carbons (Fsp3) is 1.00. The van der Waals surface area contributed by atoms with Crippen LogP contribution in [0.1, 0.15) is 59.3 Å². The Morgan fingerprint density at radius 3 is 2.27 bits per heavy atom. The molecule has 0 spiro atoms. The highest BCUT2D eigenvalue weighted by Gasteiger charge is 2.21. The van der Waals surface area contributed by atoms with E-state index in [0.29, 0.717) is 5.41 Å². The maximum Gasteiger partial charge on any atom is -0.0357 e. The zero-order valence-electron chi connectivity index (χ0n) is 8.32. The molecule has 0 aromatic rings. The van der Waals surface area contributed by atoms with Crippen LogP contribution in [0.3, 0.4) is 0 Å². The van der Waals surface area contributed by atoms with Gasteiger partial charge >= 0.3 is 0 Å². The second kappa shape index (κ2) is 3.60. The van der Waals surface area contributed by atoms with Gasteiger partial charge in [-0.05, 0) is 24.2 Å². The molecule has 1 saturated carbocycles. The lowest BCUT2D eigenvalue weighted by atomic mass is 9.76. The Morgan fingerprint density at radius 1 is 1.27 bits per heavy atom. The van der Waals surface area contributed by atoms with Crippen molar-refractivity contribution in [3.8, 4) is 0 Å². The molecule has 0 aromatic carbocycles. The van der Waals surface area contributed by atoms with Crippen LogP contribution in [0.25, 0.3) is 0 Å². The van der Waals surface area contributed by atoms with E-state index in [9.17, 15) is 0 Å². The van der Waals surface area contributed by atoms with Crippen LogP contribution >= 0.6 is 0 Å². The molecule has 0 heteroatoms. The van der Waals surface area contributed by atoms with Gasteiger partial charge in [0.05, 0.1) is 0 Å². The Hall–Kier alpha value is 0. The molecule has 1 rings (SSSR count). The minimum atomic E-state index is 0.607. The van der Waals surface area contributed by atoms with Gasteiger partial charge in [-0.25, -0.2) is 0 Å². The summed E-state index contributed by atoms with van der Waals surface area (Å²) in [4.78, 5) is 0. The lowest BCUT2D eigenvalue weighted by Crippen LogP contribution is -2.16. The molecule has 0 radical (unpaired) electrons. The van der Waals surface area contributed by atoms with Gasteiger partial charge in [-0.15, -0.1) is 0 Å². The summed E-state index contributed by atoms with van der Waals surface area (Å²) in [6, 6.07) is 0. The first kappa shape index (κ1) is 9.09. The predicted octanol–water partition coefficient (Wildman–Crippen LogP) is 4.00. The van der Waals surface area contributed by atoms with Crippen molar-refractivity contribution in [3.05, 3.63) is 0 Å². The largest absolute Gasteiger partial charge is 0.0649 e. The molecule has 0 saturated heterocycles. The quantitative estimate of drug-likeness (QED) is 0.574. The predicted molar refractivity (Wildman–Crippen MR) is 50.6 cm³/mol. The van der Waals surface area contributed by atoms with Crippen molar-refractivity contribution in [2.75, 3.05) is 0 Å². The number of hydrogen-bond donors (Lipinski definition) is 0. The smallest absolute Gasteiger partial charge is 0.0357 e. The summed E-state index contributed by atoms with van der Waals surface area (Å²) in [5, 5.41) is 0. The molecule has 0 amide bonds. The molecular formula is C11H22. The van der Waals surface area contributed by atoms with Crippen LogP contribution in [0.5, 0.6) is 0 Å². The van der Waals surface area contributed by atoms with E-state index in [1.54, 1.807) is 0 Å². The van der Waals surface area contributed by atoms with Crippen LogP contribution in [0.15, 0.2) is 0 Å². The van der Waals surface area contributed by atoms with Gasteiger partial charge in [0.15, 0.2) is 0 Å². The monoisotopic (exact) mass is 154 g/mol. The van der Waals surface area contributed by atoms with Gasteiger partial charge in [-0.2, -0.15) is 0 Å². The van der Waals surface area contributed by atoms with E-state index in [4.69, 9.17) is 0 Å². The molecule has 0 unspecified atom stereocenters. The van der Waals surface area contributed by atoms with E-state index >= 15 is 0 Å². The lowest BCUT2D eigenvalue weighted by molar-refractivity contribution is 0.226. The van der Waals surface area contributed by atoms with E-state index in [0.717, 1.165) is 5.92 Å². The Labute approximate surface area is 71.4 Å². The summed E-state index contributed by atoms with van der Waals surface area (Å²) < 4.78 is 0. The summed E-state index contributed by atoms with van der Waals surface area (Å²) in [5.41, 5.74) is 0.607. The van der Waals surface area contributed by atoms with E-state index in [1.165, 1.54) is 38.5 Å². The first-order chi connectivity index (χ1) is 5.14. The summed E-state index contributed by atoms with van der Waals surface area (Å²) in [6.45, 7) is 7.10. The molecule has 0 heterocycles. The third-order valence-electron chi connectivity index (χ3n) is 3.41. The molecule has 1 fully saturated rings. The van der Waals surface area contributed by atoms with Crippen molar-refractivity contribution < 1.29 is 0 Å². The zero-order chi connectivity index (χ0) is 8.32. The van der Waals surface area contributed by atoms with Crippen LogP contribution < -0.4 is 0 Å². The molecule has 0 aliphatic heterocycles. The van der Waals surface area contributed by atoms with Crippen molar-refractivity contribution in [1.29, 1.82) is 0 Å². The molecule has 1 aliphatic carbocycles. The Kier molecular flexibility index (Phi) is 2.98. The summed E-state index contributed by atoms with van der Waals surface area (Å²) >= 11 is 0. The van der Waals surface area contributed by atoms with Crippen molar-refractivity contribution >= 4 is 0 Å². The second-order valence-electron chi connectivity index (χ2n) is 4.85. The van der Waals surface area contributed by atoms with Gasteiger partial charge in [0, 0.05) is 0 Å². The fourth-order valence-corrected chi connectivity index (χ4v) is 1.55. The average Bonchev–Trinajstić information content (AvgIpc) is 1.84. The molecule has 0 bridgehead atoms. The highest BCUT2D eigenvalue weighted by molar-refractivity contribution is 4.74. The maximum atomic E-state index is 2.39. The van der Waals surface area contributed by atoms with Gasteiger partial charge in [-0.1, -0.05) is 46.5 Å². The first-order valence-electron chi connectivity index (χ1n) is 5.14. The molecule has 0 atom stereocenters. The van der Waals surface area contributed by atoms with Gasteiger partial charge in [0.25, 0.3) is 0 Å². The van der Waals surface area contributed by atoms with Gasteiger partial charge < -0.3 is 0 Å². The number of hydrogen-bond acceptors (Lipinski definition) is 0. The van der Waals surface area contributed by atoms with E-state index < -0.39 is 0 Å². The fourth-order valence-electron chi connectivity index (χ4n) is 1.55. The van der Waals surface area contributed by atoms with Crippen molar-refractivity contribution in [2.24, 2.45) is 11.3 Å². The second-order valence-corrected chi connectivity index (χ2v) is 4.85. The minimum absolute atomic E-state index is 0.607. The van der Waals surface area contributed by atoms with Gasteiger partial charge in [0.2, 0.25) is 0 Å². The van der Waals surface area contributed by atoms with Crippen molar-refractivity contribution in [1.82, 2.24) is 0 Å². The van der Waals surface area contributed by atoms with Crippen molar-refractivity contribution in [2.45, 2.75) is 59.3 Å². The highest BCUT2D eigenvalue weighted by Crippen LogP contribution is 2.35. The topological polar surface area (TPSA) is 0 Å². The maximum absolute atomic E-state index is 2.39. The normalized spacial score (nSPS) is 19.9. The van der Waals surface area contributed by atoms with Crippen LogP contribution in [-0.4, -0.2) is 0 Å². The third kappa shape index (κ3) is 2.84. The summed E-state index contributed by atoms with van der Waals surface area (Å²) in [7, 11) is 0. The Bertz CT molecular complexity index is 109. The van der Waals surface area contributed by atoms with Crippen LogP contribution in [0, 0.1) is 11.3 Å². The number of rotatable bonds is 4. The molecule has 0 N–H and O–H groups in total. The molecule has 1 aliphatic rings. The molecule has 11 heavy (non-hydrogen) atoms. The summed E-state index contributed by atoms with van der Waals surface area (Å²) in [6.07, 6.45) is 8.78. The third-order valence-corrected chi connectivity index (χ3v) is 3.41. The van der Waals surface area contributed by atoms with E-state index in [-0.39, 0.29) is 0 Å². The van der Waals surface area contributed by atoms with Gasteiger partial charge in [-0.3, -0.25) is 0 Å².